The van der Waals surface area contributed by atoms with E-state index < -0.39 is 0 Å². The topological polar surface area (TPSA) is 61.3 Å². The molecule has 4 N–H and O–H groups in total. The van der Waals surface area contributed by atoms with Gasteiger partial charge in [-0.15, -0.1) is 11.6 Å². The Hall–Kier alpha value is -1.87. The zero-order valence-corrected chi connectivity index (χ0v) is 12.4. The molecule has 0 saturated carbocycles. The van der Waals surface area contributed by atoms with Crippen LogP contribution in [-0.4, -0.2) is 12.5 Å². The van der Waals surface area contributed by atoms with Crippen LogP contribution in [0.1, 0.15) is 24.0 Å². The Morgan fingerprint density at radius 3 is 2.15 bits per heavy atom. The highest BCUT2D eigenvalue weighted by atomic mass is 35.5. The summed E-state index contributed by atoms with van der Waals surface area (Å²) in [4.78, 5) is 0. The van der Waals surface area contributed by atoms with Crippen molar-refractivity contribution in [1.29, 1.82) is 0 Å². The molecule has 0 spiro atoms. The molecule has 0 radical (unpaired) electrons. The Morgan fingerprint density at radius 1 is 1.00 bits per heavy atom. The lowest BCUT2D eigenvalue weighted by molar-refractivity contribution is 0.416. The monoisotopic (exact) mass is 290 g/mol. The van der Waals surface area contributed by atoms with Crippen molar-refractivity contribution in [2.24, 2.45) is 0 Å². The number of benzene rings is 2. The maximum absolute atomic E-state index is 6.38. The van der Waals surface area contributed by atoms with Crippen LogP contribution in [0.4, 0.5) is 11.4 Å². The molecule has 0 aliphatic carbocycles. The van der Waals surface area contributed by atoms with E-state index >= 15 is 0 Å². The van der Waals surface area contributed by atoms with Gasteiger partial charge in [-0.1, -0.05) is 18.2 Å². The van der Waals surface area contributed by atoms with E-state index in [1.807, 2.05) is 49.4 Å². The number of methoxy groups -OCH3 is 1. The van der Waals surface area contributed by atoms with Crippen molar-refractivity contribution in [3.63, 3.8) is 0 Å². The number of hydrogen-bond donors (Lipinski definition) is 2. The van der Waals surface area contributed by atoms with E-state index in [1.54, 1.807) is 7.11 Å². The lowest BCUT2D eigenvalue weighted by Crippen LogP contribution is -2.11. The second-order valence-electron chi connectivity index (χ2n) is 4.82. The number of rotatable bonds is 4. The molecule has 0 heterocycles. The molecule has 2 atom stereocenters. The van der Waals surface area contributed by atoms with Gasteiger partial charge in [0.15, 0.2) is 0 Å². The molecule has 2 aromatic rings. The fourth-order valence-electron chi connectivity index (χ4n) is 2.35. The van der Waals surface area contributed by atoms with Crippen molar-refractivity contribution in [2.75, 3.05) is 18.6 Å². The average molecular weight is 291 g/mol. The Kier molecular flexibility index (Phi) is 4.40. The molecule has 20 heavy (non-hydrogen) atoms. The highest BCUT2D eigenvalue weighted by Crippen LogP contribution is 2.35. The van der Waals surface area contributed by atoms with Crippen molar-refractivity contribution < 1.29 is 4.74 Å². The van der Waals surface area contributed by atoms with Crippen LogP contribution in [0.5, 0.6) is 5.75 Å². The largest absolute Gasteiger partial charge is 0.495 e. The number of nitrogen functional groups attached to an aromatic ring is 2. The Labute approximate surface area is 124 Å². The Bertz CT molecular complexity index is 582. The first kappa shape index (κ1) is 14.5. The third kappa shape index (κ3) is 2.99. The van der Waals surface area contributed by atoms with Gasteiger partial charge in [0.2, 0.25) is 0 Å². The zero-order chi connectivity index (χ0) is 14.7. The second kappa shape index (κ2) is 6.06. The highest BCUT2D eigenvalue weighted by molar-refractivity contribution is 6.21. The third-order valence-electron chi connectivity index (χ3n) is 3.37. The van der Waals surface area contributed by atoms with Crippen molar-refractivity contribution in [2.45, 2.75) is 18.2 Å². The van der Waals surface area contributed by atoms with E-state index in [0.29, 0.717) is 11.4 Å². The summed E-state index contributed by atoms with van der Waals surface area (Å²) in [6.45, 7) is 1.98. The van der Waals surface area contributed by atoms with Gasteiger partial charge in [0.1, 0.15) is 5.75 Å². The molecule has 0 aliphatic heterocycles. The summed E-state index contributed by atoms with van der Waals surface area (Å²) in [5.41, 5.74) is 15.1. The number of alkyl halides is 1. The summed E-state index contributed by atoms with van der Waals surface area (Å²) >= 11 is 6.38. The van der Waals surface area contributed by atoms with E-state index in [1.165, 1.54) is 0 Å². The van der Waals surface area contributed by atoms with E-state index in [9.17, 15) is 0 Å². The molecule has 2 unspecified atom stereocenters. The predicted molar refractivity (Wildman–Crippen MR) is 85.4 cm³/mol. The molecule has 0 bridgehead atoms. The molecule has 0 fully saturated rings. The molecule has 0 amide bonds. The number of hydrogen-bond acceptors (Lipinski definition) is 3. The summed E-state index contributed by atoms with van der Waals surface area (Å²) in [5, 5.41) is -0.0630. The molecule has 0 saturated heterocycles. The smallest absolute Gasteiger partial charge is 0.142 e. The summed E-state index contributed by atoms with van der Waals surface area (Å²) in [6.07, 6.45) is 0. The zero-order valence-electron chi connectivity index (χ0n) is 11.6. The summed E-state index contributed by atoms with van der Waals surface area (Å²) in [6, 6.07) is 13.5. The third-order valence-corrected chi connectivity index (χ3v) is 3.62. The molecule has 3 nitrogen and oxygen atoms in total. The van der Waals surface area contributed by atoms with Crippen LogP contribution in [0.25, 0.3) is 0 Å². The van der Waals surface area contributed by atoms with E-state index in [0.717, 1.165) is 16.8 Å². The highest BCUT2D eigenvalue weighted by Gasteiger charge is 2.20. The van der Waals surface area contributed by atoms with Crippen molar-refractivity contribution in [3.8, 4) is 5.75 Å². The molecule has 0 aliphatic rings. The van der Waals surface area contributed by atoms with Crippen molar-refractivity contribution in [1.82, 2.24) is 0 Å². The molecule has 106 valence electrons. The van der Waals surface area contributed by atoms with Crippen LogP contribution in [0.2, 0.25) is 0 Å². The van der Waals surface area contributed by atoms with E-state index in [2.05, 4.69) is 0 Å². The molecule has 2 rings (SSSR count). The van der Waals surface area contributed by atoms with Gasteiger partial charge in [-0.3, -0.25) is 0 Å². The van der Waals surface area contributed by atoms with Crippen LogP contribution in [0.15, 0.2) is 42.5 Å². The molecular formula is C16H19ClN2O. The molecular weight excluding hydrogens is 272 g/mol. The molecule has 4 heteroatoms. The summed E-state index contributed by atoms with van der Waals surface area (Å²) in [5.74, 6) is 0.729. The summed E-state index contributed by atoms with van der Waals surface area (Å²) in [7, 11) is 1.61. The van der Waals surface area contributed by atoms with Gasteiger partial charge < -0.3 is 16.2 Å². The van der Waals surface area contributed by atoms with Gasteiger partial charge in [-0.25, -0.2) is 0 Å². The van der Waals surface area contributed by atoms with Gasteiger partial charge in [-0.2, -0.15) is 0 Å². The molecule has 2 aromatic carbocycles. The average Bonchev–Trinajstić information content (AvgIpc) is 2.42. The van der Waals surface area contributed by atoms with Crippen LogP contribution in [-0.2, 0) is 0 Å². The van der Waals surface area contributed by atoms with E-state index in [-0.39, 0.29) is 11.3 Å². The van der Waals surface area contributed by atoms with Crippen molar-refractivity contribution in [3.05, 3.63) is 53.6 Å². The number of halogens is 1. The molecule has 0 aromatic heterocycles. The second-order valence-corrected chi connectivity index (χ2v) is 5.51. The minimum Gasteiger partial charge on any atom is -0.495 e. The van der Waals surface area contributed by atoms with Gasteiger partial charge >= 0.3 is 0 Å². The minimum atomic E-state index is -0.0630. The lowest BCUT2D eigenvalue weighted by Gasteiger charge is -2.21. The van der Waals surface area contributed by atoms with Gasteiger partial charge in [0.25, 0.3) is 0 Å². The fraction of sp³-hybridized carbons (Fsp3) is 0.250. The van der Waals surface area contributed by atoms with Crippen LogP contribution in [0.3, 0.4) is 0 Å². The fourth-order valence-corrected chi connectivity index (χ4v) is 2.64. The first-order valence-electron chi connectivity index (χ1n) is 6.46. The Balaban J connectivity index is 2.45. The quantitative estimate of drug-likeness (QED) is 0.668. The standard InChI is InChI=1S/C16H19ClN2O/c1-10(17)16(11-3-6-13(18)7-4-11)12-5-8-14(19)15(9-12)20-2/h3-10,16H,18-19H2,1-2H3. The Morgan fingerprint density at radius 2 is 1.60 bits per heavy atom. The lowest BCUT2D eigenvalue weighted by atomic mass is 9.88. The van der Waals surface area contributed by atoms with Gasteiger partial charge in [0, 0.05) is 17.0 Å². The van der Waals surface area contributed by atoms with Crippen LogP contribution in [0, 0.1) is 0 Å². The van der Waals surface area contributed by atoms with Gasteiger partial charge in [0.05, 0.1) is 12.8 Å². The number of nitrogens with two attached hydrogens (primary N) is 2. The first-order chi connectivity index (χ1) is 9.52. The number of ether oxygens (including phenoxy) is 1. The van der Waals surface area contributed by atoms with Gasteiger partial charge in [-0.05, 0) is 42.3 Å². The van der Waals surface area contributed by atoms with Crippen molar-refractivity contribution >= 4 is 23.0 Å². The van der Waals surface area contributed by atoms with E-state index in [4.69, 9.17) is 27.8 Å². The minimum absolute atomic E-state index is 0.0618. The SMILES string of the molecule is COc1cc(C(c2ccc(N)cc2)C(C)Cl)ccc1N. The number of anilines is 2. The van der Waals surface area contributed by atoms with Crippen LogP contribution >= 0.6 is 11.6 Å². The maximum atomic E-state index is 6.38. The normalized spacial score (nSPS) is 13.8. The maximum Gasteiger partial charge on any atom is 0.142 e. The first-order valence-corrected chi connectivity index (χ1v) is 6.89. The summed E-state index contributed by atoms with van der Waals surface area (Å²) < 4.78 is 5.28. The predicted octanol–water partition coefficient (Wildman–Crippen LogP) is 3.62. The van der Waals surface area contributed by atoms with Crippen LogP contribution < -0.4 is 16.2 Å².